The van der Waals surface area contributed by atoms with E-state index < -0.39 is 6.10 Å². The second-order valence-electron chi connectivity index (χ2n) is 4.13. The molecule has 0 aromatic heterocycles. The van der Waals surface area contributed by atoms with Crippen molar-refractivity contribution in [1.29, 1.82) is 0 Å². The maximum Gasteiger partial charge on any atom is 0.161 e. The fourth-order valence-electron chi connectivity index (χ4n) is 1.59. The molecule has 0 saturated heterocycles. The Balaban J connectivity index is 2.54. The topological polar surface area (TPSA) is 47.9 Å². The zero-order chi connectivity index (χ0) is 13.4. The van der Waals surface area contributed by atoms with E-state index in [2.05, 4.69) is 0 Å². The molecule has 1 aromatic carbocycles. The second kappa shape index (κ2) is 7.95. The summed E-state index contributed by atoms with van der Waals surface area (Å²) in [6.07, 6.45) is 1.41. The van der Waals surface area contributed by atoms with Gasteiger partial charge in [-0.1, -0.05) is 6.07 Å². The minimum Gasteiger partial charge on any atom is -0.493 e. The molecular formula is C14H22O4. The van der Waals surface area contributed by atoms with Crippen LogP contribution in [0.1, 0.15) is 31.4 Å². The molecule has 0 aliphatic heterocycles. The average Bonchev–Trinajstić information content (AvgIpc) is 2.38. The molecule has 0 aliphatic rings. The second-order valence-corrected chi connectivity index (χ2v) is 4.13. The van der Waals surface area contributed by atoms with Gasteiger partial charge in [-0.3, -0.25) is 0 Å². The van der Waals surface area contributed by atoms with Crippen LogP contribution in [-0.4, -0.2) is 32.5 Å². The Labute approximate surface area is 108 Å². The molecular weight excluding hydrogens is 232 g/mol. The van der Waals surface area contributed by atoms with Gasteiger partial charge in [0, 0.05) is 13.7 Å². The van der Waals surface area contributed by atoms with Crippen molar-refractivity contribution in [3.8, 4) is 11.5 Å². The number of hydrogen-bond acceptors (Lipinski definition) is 4. The van der Waals surface area contributed by atoms with Crippen molar-refractivity contribution in [3.05, 3.63) is 23.8 Å². The molecule has 0 bridgehead atoms. The zero-order valence-electron chi connectivity index (χ0n) is 11.3. The van der Waals surface area contributed by atoms with Crippen LogP contribution in [0.5, 0.6) is 11.5 Å². The Morgan fingerprint density at radius 3 is 2.44 bits per heavy atom. The molecule has 0 spiro atoms. The quantitative estimate of drug-likeness (QED) is 0.724. The molecule has 0 saturated carbocycles. The van der Waals surface area contributed by atoms with E-state index in [-0.39, 0.29) is 0 Å². The monoisotopic (exact) mass is 254 g/mol. The van der Waals surface area contributed by atoms with Gasteiger partial charge in [-0.05, 0) is 37.5 Å². The molecule has 1 N–H and O–H groups in total. The van der Waals surface area contributed by atoms with E-state index in [0.717, 1.165) is 25.0 Å². The standard InChI is InChI=1S/C14H22O4/c1-11(15)12-6-7-13(14(10-12)17-3)18-9-5-4-8-16-2/h6-7,10-11,15H,4-5,8-9H2,1-3H3. The van der Waals surface area contributed by atoms with E-state index in [1.54, 1.807) is 27.2 Å². The third-order valence-electron chi connectivity index (χ3n) is 2.67. The Kier molecular flexibility index (Phi) is 6.54. The number of unbranched alkanes of at least 4 members (excludes halogenated alkanes) is 1. The molecule has 1 atom stereocenters. The summed E-state index contributed by atoms with van der Waals surface area (Å²) in [6.45, 7) is 3.11. The molecule has 0 aliphatic carbocycles. The lowest BCUT2D eigenvalue weighted by molar-refractivity contribution is 0.183. The third-order valence-corrected chi connectivity index (χ3v) is 2.67. The normalized spacial score (nSPS) is 12.2. The van der Waals surface area contributed by atoms with Gasteiger partial charge in [-0.25, -0.2) is 0 Å². The molecule has 0 amide bonds. The maximum absolute atomic E-state index is 9.50. The predicted molar refractivity (Wildman–Crippen MR) is 70.2 cm³/mol. The van der Waals surface area contributed by atoms with Crippen LogP contribution < -0.4 is 9.47 Å². The van der Waals surface area contributed by atoms with Crippen LogP contribution in [0.4, 0.5) is 0 Å². The minimum atomic E-state index is -0.505. The van der Waals surface area contributed by atoms with Crippen molar-refractivity contribution in [2.24, 2.45) is 0 Å². The highest BCUT2D eigenvalue weighted by Crippen LogP contribution is 2.30. The van der Waals surface area contributed by atoms with Crippen molar-refractivity contribution in [2.45, 2.75) is 25.9 Å². The van der Waals surface area contributed by atoms with E-state index in [0.29, 0.717) is 18.1 Å². The van der Waals surface area contributed by atoms with Gasteiger partial charge in [0.2, 0.25) is 0 Å². The molecule has 1 aromatic rings. The Morgan fingerprint density at radius 2 is 1.83 bits per heavy atom. The minimum absolute atomic E-state index is 0.505. The van der Waals surface area contributed by atoms with Crippen molar-refractivity contribution in [2.75, 3.05) is 27.4 Å². The summed E-state index contributed by atoms with van der Waals surface area (Å²) in [4.78, 5) is 0. The largest absolute Gasteiger partial charge is 0.493 e. The van der Waals surface area contributed by atoms with Gasteiger partial charge in [0.25, 0.3) is 0 Å². The number of ether oxygens (including phenoxy) is 3. The fraction of sp³-hybridized carbons (Fsp3) is 0.571. The van der Waals surface area contributed by atoms with Gasteiger partial charge in [0.15, 0.2) is 11.5 Å². The average molecular weight is 254 g/mol. The van der Waals surface area contributed by atoms with Crippen LogP contribution in [0, 0.1) is 0 Å². The first-order chi connectivity index (χ1) is 8.69. The van der Waals surface area contributed by atoms with Gasteiger partial charge in [-0.2, -0.15) is 0 Å². The van der Waals surface area contributed by atoms with E-state index in [1.807, 2.05) is 12.1 Å². The van der Waals surface area contributed by atoms with Crippen LogP contribution in [0.15, 0.2) is 18.2 Å². The van der Waals surface area contributed by atoms with Crippen LogP contribution >= 0.6 is 0 Å². The lowest BCUT2D eigenvalue weighted by atomic mass is 10.1. The van der Waals surface area contributed by atoms with Crippen molar-refractivity contribution >= 4 is 0 Å². The summed E-state index contributed by atoms with van der Waals surface area (Å²) in [6, 6.07) is 5.48. The first-order valence-corrected chi connectivity index (χ1v) is 6.16. The highest BCUT2D eigenvalue weighted by atomic mass is 16.5. The van der Waals surface area contributed by atoms with E-state index in [9.17, 15) is 5.11 Å². The van der Waals surface area contributed by atoms with Crippen LogP contribution in [0.3, 0.4) is 0 Å². The maximum atomic E-state index is 9.50. The number of hydrogen-bond donors (Lipinski definition) is 1. The lowest BCUT2D eigenvalue weighted by Crippen LogP contribution is -2.02. The van der Waals surface area contributed by atoms with E-state index in [1.165, 1.54) is 0 Å². The number of methoxy groups -OCH3 is 2. The van der Waals surface area contributed by atoms with Gasteiger partial charge in [0.1, 0.15) is 0 Å². The van der Waals surface area contributed by atoms with Gasteiger partial charge in [-0.15, -0.1) is 0 Å². The summed E-state index contributed by atoms with van der Waals surface area (Å²) in [5.74, 6) is 1.36. The molecule has 4 heteroatoms. The third kappa shape index (κ3) is 4.55. The van der Waals surface area contributed by atoms with Crippen molar-refractivity contribution in [1.82, 2.24) is 0 Å². The molecule has 0 heterocycles. The van der Waals surface area contributed by atoms with Gasteiger partial charge < -0.3 is 19.3 Å². The van der Waals surface area contributed by atoms with E-state index in [4.69, 9.17) is 14.2 Å². The first-order valence-electron chi connectivity index (χ1n) is 6.16. The molecule has 18 heavy (non-hydrogen) atoms. The highest BCUT2D eigenvalue weighted by molar-refractivity contribution is 5.43. The SMILES string of the molecule is COCCCCOc1ccc(C(C)O)cc1OC. The molecule has 1 unspecified atom stereocenters. The van der Waals surface area contributed by atoms with E-state index >= 15 is 0 Å². The summed E-state index contributed by atoms with van der Waals surface area (Å²) in [7, 11) is 3.29. The number of aliphatic hydroxyl groups is 1. The first kappa shape index (κ1) is 14.8. The molecule has 1 rings (SSSR count). The van der Waals surface area contributed by atoms with Crippen LogP contribution in [0.25, 0.3) is 0 Å². The summed E-state index contributed by atoms with van der Waals surface area (Å²) < 4.78 is 15.9. The Bertz CT molecular complexity index is 350. The Morgan fingerprint density at radius 1 is 1.11 bits per heavy atom. The Hall–Kier alpha value is -1.26. The van der Waals surface area contributed by atoms with Crippen molar-refractivity contribution < 1.29 is 19.3 Å². The summed E-state index contributed by atoms with van der Waals surface area (Å²) >= 11 is 0. The number of benzene rings is 1. The van der Waals surface area contributed by atoms with Crippen LogP contribution in [0.2, 0.25) is 0 Å². The number of aliphatic hydroxyl groups excluding tert-OH is 1. The molecule has 0 radical (unpaired) electrons. The summed E-state index contributed by atoms with van der Waals surface area (Å²) in [5, 5.41) is 9.50. The van der Waals surface area contributed by atoms with Gasteiger partial charge in [0.05, 0.1) is 19.8 Å². The molecule has 102 valence electrons. The predicted octanol–water partition coefficient (Wildman–Crippen LogP) is 2.55. The van der Waals surface area contributed by atoms with Crippen molar-refractivity contribution in [3.63, 3.8) is 0 Å². The molecule has 4 nitrogen and oxygen atoms in total. The summed E-state index contributed by atoms with van der Waals surface area (Å²) in [5.41, 5.74) is 0.818. The molecule has 0 fully saturated rings. The zero-order valence-corrected chi connectivity index (χ0v) is 11.3. The number of rotatable bonds is 8. The fourth-order valence-corrected chi connectivity index (χ4v) is 1.59. The lowest BCUT2D eigenvalue weighted by Gasteiger charge is -2.13. The highest BCUT2D eigenvalue weighted by Gasteiger charge is 2.08. The van der Waals surface area contributed by atoms with Gasteiger partial charge >= 0.3 is 0 Å². The smallest absolute Gasteiger partial charge is 0.161 e. The van der Waals surface area contributed by atoms with Crippen LogP contribution in [-0.2, 0) is 4.74 Å².